The molecular weight excluding hydrogens is 324 g/mol. The van der Waals surface area contributed by atoms with Gasteiger partial charge in [0.15, 0.2) is 0 Å². The number of carbonyl (C=O) groups excluding carboxylic acids is 1. The molecular formula is C17H18FeO4. The van der Waals surface area contributed by atoms with Gasteiger partial charge >= 0.3 is 23.0 Å². The maximum Gasteiger partial charge on any atom is 2.00 e. The molecule has 0 bridgehead atoms. The van der Waals surface area contributed by atoms with E-state index in [9.17, 15) is 9.90 Å². The van der Waals surface area contributed by atoms with Crippen molar-refractivity contribution in [1.82, 2.24) is 0 Å². The summed E-state index contributed by atoms with van der Waals surface area (Å²) in [6.45, 7) is 5.07. The Balaban J connectivity index is 0.000000622. The van der Waals surface area contributed by atoms with Crippen molar-refractivity contribution in [1.29, 1.82) is 0 Å². The molecule has 0 fully saturated rings. The van der Waals surface area contributed by atoms with E-state index in [2.05, 4.69) is 6.58 Å². The first-order valence-corrected chi connectivity index (χ1v) is 6.49. The smallest absolute Gasteiger partial charge is 0.609 e. The van der Waals surface area contributed by atoms with Crippen LogP contribution in [0.2, 0.25) is 0 Å². The van der Waals surface area contributed by atoms with Crippen LogP contribution in [0.25, 0.3) is 0 Å². The first-order chi connectivity index (χ1) is 10.1. The minimum atomic E-state index is -0.482. The van der Waals surface area contributed by atoms with Crippen molar-refractivity contribution in [3.63, 3.8) is 0 Å². The summed E-state index contributed by atoms with van der Waals surface area (Å²) in [5, 5.41) is 11.3. The zero-order chi connectivity index (χ0) is 15.5. The summed E-state index contributed by atoms with van der Waals surface area (Å²) in [6, 6.07) is 10.0. The van der Waals surface area contributed by atoms with Gasteiger partial charge in [0, 0.05) is 12.2 Å². The first-order valence-electron chi connectivity index (χ1n) is 6.49. The van der Waals surface area contributed by atoms with Crippen LogP contribution in [0.3, 0.4) is 0 Å². The molecule has 22 heavy (non-hydrogen) atoms. The Morgan fingerprint density at radius 2 is 1.73 bits per heavy atom. The van der Waals surface area contributed by atoms with Crippen LogP contribution in [0.5, 0.6) is 0 Å². The molecule has 118 valence electrons. The SMILES string of the molecule is C=C(C)C(=O)OCCOC([O-])=C1C=CC=C1.[Fe+2].c1cc[cH-]c1. The van der Waals surface area contributed by atoms with Gasteiger partial charge in [0.05, 0.1) is 5.95 Å². The molecule has 0 radical (unpaired) electrons. The zero-order valence-corrected chi connectivity index (χ0v) is 13.4. The van der Waals surface area contributed by atoms with Gasteiger partial charge in [0.25, 0.3) is 0 Å². The number of ether oxygens (including phenoxy) is 2. The standard InChI is InChI=1S/C12H14O4.C5H5.Fe/c1-9(2)11(13)15-7-8-16-12(14)10-5-3-4-6-10;1-2-4-5-3-1;/h3-6,14H,1,7-8H2,2H3;1-5H;/q;-1;+2/p-1. The Morgan fingerprint density at radius 3 is 2.18 bits per heavy atom. The molecule has 0 N–H and O–H groups in total. The van der Waals surface area contributed by atoms with Gasteiger partial charge in [-0.2, -0.15) is 18.2 Å². The van der Waals surface area contributed by atoms with Crippen molar-refractivity contribution < 1.29 is 36.4 Å². The molecule has 5 heteroatoms. The van der Waals surface area contributed by atoms with Crippen LogP contribution in [0.1, 0.15) is 6.92 Å². The third kappa shape index (κ3) is 8.25. The molecule has 0 saturated carbocycles. The summed E-state index contributed by atoms with van der Waals surface area (Å²) < 4.78 is 9.63. The van der Waals surface area contributed by atoms with E-state index in [0.717, 1.165) is 0 Å². The second kappa shape index (κ2) is 11.5. The Bertz CT molecular complexity index is 508. The van der Waals surface area contributed by atoms with Crippen LogP contribution in [-0.2, 0) is 31.3 Å². The molecule has 1 aliphatic rings. The minimum absolute atomic E-state index is 0. The third-order valence-electron chi connectivity index (χ3n) is 2.35. The molecule has 1 aliphatic carbocycles. The number of hydrogen-bond acceptors (Lipinski definition) is 4. The maximum atomic E-state index is 11.3. The number of allylic oxidation sites excluding steroid dienone is 5. The molecule has 0 spiro atoms. The number of rotatable bonds is 5. The van der Waals surface area contributed by atoms with Crippen molar-refractivity contribution in [3.05, 3.63) is 78.3 Å². The van der Waals surface area contributed by atoms with Gasteiger partial charge < -0.3 is 14.6 Å². The van der Waals surface area contributed by atoms with E-state index in [0.29, 0.717) is 11.1 Å². The molecule has 0 unspecified atom stereocenters. The average Bonchev–Trinajstić information content (AvgIpc) is 3.18. The molecule has 0 aromatic heterocycles. The van der Waals surface area contributed by atoms with E-state index in [-0.39, 0.29) is 30.3 Å². The molecule has 4 nitrogen and oxygen atoms in total. The molecule has 1 aromatic rings. The fourth-order valence-electron chi connectivity index (χ4n) is 1.31. The van der Waals surface area contributed by atoms with Gasteiger partial charge in [0.2, 0.25) is 0 Å². The molecule has 0 atom stereocenters. The molecule has 0 heterocycles. The second-order valence-electron chi connectivity index (χ2n) is 4.19. The Morgan fingerprint density at radius 1 is 1.18 bits per heavy atom. The normalized spacial score (nSPS) is 11.0. The van der Waals surface area contributed by atoms with Crippen molar-refractivity contribution >= 4 is 5.97 Å². The van der Waals surface area contributed by atoms with Crippen LogP contribution in [0, 0.1) is 0 Å². The quantitative estimate of drug-likeness (QED) is 0.206. The van der Waals surface area contributed by atoms with E-state index < -0.39 is 11.9 Å². The summed E-state index contributed by atoms with van der Waals surface area (Å²) in [5.74, 6) is -0.902. The van der Waals surface area contributed by atoms with E-state index in [1.807, 2.05) is 30.3 Å². The topological polar surface area (TPSA) is 58.6 Å². The van der Waals surface area contributed by atoms with Crippen LogP contribution in [0.15, 0.2) is 78.3 Å². The van der Waals surface area contributed by atoms with Gasteiger partial charge in [0.1, 0.15) is 6.61 Å². The zero-order valence-electron chi connectivity index (χ0n) is 12.3. The van der Waals surface area contributed by atoms with E-state index in [1.165, 1.54) is 0 Å². The van der Waals surface area contributed by atoms with E-state index in [1.54, 1.807) is 31.2 Å². The fourth-order valence-corrected chi connectivity index (χ4v) is 1.31. The third-order valence-corrected chi connectivity index (χ3v) is 2.35. The Hall–Kier alpha value is -2.10. The predicted molar refractivity (Wildman–Crippen MR) is 79.1 cm³/mol. The van der Waals surface area contributed by atoms with Gasteiger partial charge in [-0.1, -0.05) is 30.9 Å². The molecule has 0 aliphatic heterocycles. The Kier molecular flexibility index (Phi) is 10.4. The van der Waals surface area contributed by atoms with E-state index in [4.69, 9.17) is 9.47 Å². The van der Waals surface area contributed by atoms with Crippen LogP contribution in [-0.4, -0.2) is 19.2 Å². The monoisotopic (exact) mass is 342 g/mol. The van der Waals surface area contributed by atoms with Crippen molar-refractivity contribution in [2.24, 2.45) is 0 Å². The first kappa shape index (κ1) is 19.9. The summed E-state index contributed by atoms with van der Waals surface area (Å²) in [7, 11) is 0. The van der Waals surface area contributed by atoms with Gasteiger partial charge in [-0.3, -0.25) is 0 Å². The van der Waals surface area contributed by atoms with Gasteiger partial charge in [-0.05, 0) is 12.5 Å². The second-order valence-corrected chi connectivity index (χ2v) is 4.19. The summed E-state index contributed by atoms with van der Waals surface area (Å²) in [5.41, 5.74) is 0.814. The largest absolute Gasteiger partial charge is 2.00 e. The van der Waals surface area contributed by atoms with Crippen molar-refractivity contribution in [2.75, 3.05) is 13.2 Å². The van der Waals surface area contributed by atoms with Crippen molar-refractivity contribution in [3.8, 4) is 0 Å². The average molecular weight is 342 g/mol. The van der Waals surface area contributed by atoms with Gasteiger partial charge in [-0.25, -0.2) is 16.9 Å². The molecule has 1 aromatic carbocycles. The molecule has 0 saturated heterocycles. The molecule has 0 amide bonds. The number of esters is 1. The van der Waals surface area contributed by atoms with Crippen LogP contribution >= 0.6 is 0 Å². The fraction of sp³-hybridized carbons (Fsp3) is 0.176. The summed E-state index contributed by atoms with van der Waals surface area (Å²) >= 11 is 0. The summed E-state index contributed by atoms with van der Waals surface area (Å²) in [6.07, 6.45) is 6.81. The number of hydrogen-bond donors (Lipinski definition) is 0. The van der Waals surface area contributed by atoms with Crippen molar-refractivity contribution in [2.45, 2.75) is 6.92 Å². The summed E-state index contributed by atoms with van der Waals surface area (Å²) in [4.78, 5) is 11.0. The molecule has 2 rings (SSSR count). The minimum Gasteiger partial charge on any atom is -0.609 e. The Labute approximate surface area is 141 Å². The number of carbonyl (C=O) groups is 1. The predicted octanol–water partition coefficient (Wildman–Crippen LogP) is 2.22. The van der Waals surface area contributed by atoms with Gasteiger partial charge in [-0.15, -0.1) is 0 Å². The van der Waals surface area contributed by atoms with E-state index >= 15 is 0 Å². The van der Waals surface area contributed by atoms with Crippen LogP contribution < -0.4 is 5.11 Å². The van der Waals surface area contributed by atoms with Crippen LogP contribution in [0.4, 0.5) is 0 Å². The maximum absolute atomic E-state index is 11.3.